The van der Waals surface area contributed by atoms with Gasteiger partial charge in [0.1, 0.15) is 0 Å². The molecule has 143 heavy (non-hydrogen) atoms. The van der Waals surface area contributed by atoms with Gasteiger partial charge in [-0.1, -0.05) is 340 Å². The Morgan fingerprint density at radius 1 is 0.0629 bits per heavy atom. The van der Waals surface area contributed by atoms with Crippen LogP contribution in [0.2, 0.25) is 0 Å². The minimum Gasteiger partial charge on any atom is -0.0530 e. The third kappa shape index (κ3) is 24.7. The molecule has 0 N–H and O–H groups in total. The van der Waals surface area contributed by atoms with Gasteiger partial charge >= 0.3 is 0 Å². The molecule has 0 aromatic rings. The molecule has 0 amide bonds. The van der Waals surface area contributed by atoms with Crippen molar-refractivity contribution >= 4 is 0 Å². The summed E-state index contributed by atoms with van der Waals surface area (Å²) < 4.78 is 0. The van der Waals surface area contributed by atoms with Crippen LogP contribution in [0.15, 0.2) is 0 Å². The minimum absolute atomic E-state index is 1.11. The van der Waals surface area contributed by atoms with Crippen molar-refractivity contribution in [3.63, 3.8) is 0 Å². The van der Waals surface area contributed by atoms with E-state index in [1.54, 1.807) is 507 Å². The fourth-order valence-corrected chi connectivity index (χ4v) is 49.8. The van der Waals surface area contributed by atoms with Gasteiger partial charge in [-0.25, -0.2) is 0 Å². The van der Waals surface area contributed by atoms with Crippen LogP contribution in [0, 0.1) is 296 Å². The normalized spacial score (nSPS) is 53.4. The summed E-state index contributed by atoms with van der Waals surface area (Å²) >= 11 is 0. The molecule has 20 unspecified atom stereocenters. The Hall–Kier alpha value is 0. The second-order valence-corrected chi connectivity index (χ2v) is 64.8. The van der Waals surface area contributed by atoms with Crippen molar-refractivity contribution in [1.29, 1.82) is 0 Å². The summed E-state index contributed by atoms with van der Waals surface area (Å²) in [6.07, 6.45) is 146. The van der Waals surface area contributed by atoms with Crippen molar-refractivity contribution in [1.82, 2.24) is 0 Å². The quantitative estimate of drug-likeness (QED) is 0.212. The lowest BCUT2D eigenvalue weighted by molar-refractivity contribution is -0.0395. The Kier molecular flexibility index (Phi) is 34.2. The summed E-state index contributed by atoms with van der Waals surface area (Å²) in [5.74, 6) is 59.9. The first kappa shape index (κ1) is 102. The summed E-state index contributed by atoms with van der Waals surface area (Å²) in [6.45, 7) is 0. The molecule has 48 aliphatic rings. The van der Waals surface area contributed by atoms with Crippen molar-refractivity contribution in [3.8, 4) is 0 Å². The molecule has 0 heteroatoms. The van der Waals surface area contributed by atoms with Crippen molar-refractivity contribution in [2.24, 2.45) is 296 Å². The zero-order chi connectivity index (χ0) is 94.6. The number of hydrogen-bond donors (Lipinski definition) is 0. The van der Waals surface area contributed by atoms with Crippen LogP contribution in [-0.4, -0.2) is 0 Å². The van der Waals surface area contributed by atoms with E-state index in [1.165, 1.54) is 315 Å². The zero-order valence-corrected chi connectivity index (χ0v) is 94.6. The lowest BCUT2D eigenvalue weighted by Gasteiger charge is -2.53. The highest BCUT2D eigenvalue weighted by Gasteiger charge is 2.72. The highest BCUT2D eigenvalue weighted by molar-refractivity contribution is 5.20. The van der Waals surface area contributed by atoms with Crippen molar-refractivity contribution < 1.29 is 0 Å². The largest absolute Gasteiger partial charge is 0.0530 e. The Balaban J connectivity index is 0.0000000784. The molecule has 0 nitrogen and oxygen atoms in total. The Morgan fingerprint density at radius 2 is 0.238 bits per heavy atom. The van der Waals surface area contributed by atoms with Gasteiger partial charge < -0.3 is 0 Å². The van der Waals surface area contributed by atoms with Gasteiger partial charge in [0.05, 0.1) is 0 Å². The first-order valence-corrected chi connectivity index (χ1v) is 70.7. The van der Waals surface area contributed by atoms with E-state index in [4.69, 9.17) is 0 Å². The lowest BCUT2D eigenvalue weighted by Crippen LogP contribution is -2.45. The van der Waals surface area contributed by atoms with E-state index in [0.717, 1.165) is 71.0 Å². The summed E-state index contributed by atoms with van der Waals surface area (Å²) in [7, 11) is 0. The molecule has 48 fully saturated rings. The smallest absolute Gasteiger partial charge is 0.0318 e. The van der Waals surface area contributed by atoms with Crippen molar-refractivity contribution in [2.45, 2.75) is 597 Å². The highest BCUT2D eigenvalue weighted by Crippen LogP contribution is 2.78. The van der Waals surface area contributed by atoms with E-state index in [0.29, 0.717) is 0 Å². The summed E-state index contributed by atoms with van der Waals surface area (Å²) in [5, 5.41) is 0. The Morgan fingerprint density at radius 3 is 0.462 bits per heavy atom. The molecule has 0 aromatic heterocycles. The van der Waals surface area contributed by atoms with Gasteiger partial charge in [0.2, 0.25) is 0 Å². The molecule has 48 aliphatic carbocycles. The van der Waals surface area contributed by atoms with E-state index in [2.05, 4.69) is 0 Å². The first-order valence-electron chi connectivity index (χ1n) is 70.7. The second-order valence-electron chi connectivity index (χ2n) is 64.8. The van der Waals surface area contributed by atoms with E-state index in [1.807, 2.05) is 0 Å². The van der Waals surface area contributed by atoms with Crippen LogP contribution < -0.4 is 0 Å². The fraction of sp³-hybridized carbons (Fsp3) is 1.00. The molecule has 48 saturated carbocycles. The van der Waals surface area contributed by atoms with Gasteiger partial charge in [-0.15, -0.1) is 0 Å². The maximum atomic E-state index is 1.64. The van der Waals surface area contributed by atoms with E-state index in [-0.39, 0.29) is 0 Å². The van der Waals surface area contributed by atoms with Crippen molar-refractivity contribution in [2.75, 3.05) is 0 Å². The first-order chi connectivity index (χ1) is 70.7. The predicted molar refractivity (Wildman–Crippen MR) is 604 cm³/mol. The number of fused-ring (bicyclic) bond motifs is 54. The van der Waals surface area contributed by atoms with Gasteiger partial charge in [-0.2, -0.15) is 0 Å². The molecule has 20 atom stereocenters. The van der Waals surface area contributed by atoms with Gasteiger partial charge in [0, 0.05) is 0 Å². The van der Waals surface area contributed by atoms with Crippen LogP contribution in [0.3, 0.4) is 0 Å². The minimum atomic E-state index is 1.11. The third-order valence-corrected chi connectivity index (χ3v) is 57.2. The second kappa shape index (κ2) is 47.8. The molecule has 0 radical (unpaired) electrons. The molecule has 36 bridgehead atoms. The van der Waals surface area contributed by atoms with Crippen LogP contribution in [-0.2, 0) is 0 Å². The van der Waals surface area contributed by atoms with Crippen LogP contribution in [0.25, 0.3) is 0 Å². The molecular weight excluding hydrogens is 1720 g/mol. The molecule has 0 heterocycles. The highest BCUT2D eigenvalue weighted by atomic mass is 14.8. The van der Waals surface area contributed by atoms with Crippen LogP contribution in [0.1, 0.15) is 597 Å². The number of rotatable bonds is 0. The van der Waals surface area contributed by atoms with Crippen LogP contribution in [0.5, 0.6) is 0 Å². The van der Waals surface area contributed by atoms with Gasteiger partial charge in [0.25, 0.3) is 0 Å². The van der Waals surface area contributed by atoms with Gasteiger partial charge in [-0.05, 0) is 553 Å². The lowest BCUT2D eigenvalue weighted by atomic mass is 9.52. The van der Waals surface area contributed by atoms with E-state index >= 15 is 0 Å². The Labute approximate surface area is 886 Å². The molecule has 0 aliphatic heterocycles. The van der Waals surface area contributed by atoms with Crippen LogP contribution in [0.4, 0.5) is 0 Å². The summed E-state index contributed by atoms with van der Waals surface area (Å²) in [4.78, 5) is 0. The molecule has 808 valence electrons. The fourth-order valence-electron chi connectivity index (χ4n) is 49.8. The van der Waals surface area contributed by atoms with E-state index < -0.39 is 0 Å². The predicted octanol–water partition coefficient (Wildman–Crippen LogP) is 42.4. The maximum absolute atomic E-state index is 1.64. The molecular formula is C143H236. The maximum Gasteiger partial charge on any atom is -0.0318 e. The van der Waals surface area contributed by atoms with Gasteiger partial charge in [0.15, 0.2) is 0 Å². The zero-order valence-electron chi connectivity index (χ0n) is 94.6. The molecule has 48 rings (SSSR count). The molecule has 0 spiro atoms. The van der Waals surface area contributed by atoms with E-state index in [9.17, 15) is 0 Å². The summed E-state index contributed by atoms with van der Waals surface area (Å²) in [5.41, 5.74) is 0. The van der Waals surface area contributed by atoms with Crippen molar-refractivity contribution in [3.05, 3.63) is 0 Å². The molecule has 0 aromatic carbocycles. The standard InChI is InChI=1S/C12H18.C12H22.2C11H20.2C10H16.2C10H18.2C9H14.3C8H12.C8H14.C7H10/c1-2-8-5-7(1)11-9-3-4-10(6-9)12(8)11;1-2-6-12-9-3-7-11(5-1)8-4-10-12;1-4-10-6-2-7-11(5-1)9-3-8-10;1-2-5-11-7-3-6-10(4-1)8-9-11;1-7-2-9-4-8(1)5-10(3-7)6-9;1-2-9-7-4-5-8(6-7)10(9)3-1;1-3-9-5-2-6-10(4-1)8-7-9;1-2-4-10-7-5-9(3-1)6-8-10;1-6-2-8-4-7(1)5-9(8)3-6;1-2-7-5-6(1)8-3-4-9(7)8;1-2-6-4-7-3-5(1)8(6)7;1-2-6-3-5(1)7-4-8(6)7;1-2-4-6-7-5(3-1)8(6)7;1-2-8-5-3-7(1)4-6-8;1-4-2-6-5(1)7(6)3-4/h7-12H,1-6H2;11-12H,1-10H2;2*10-11H,1-9H2;2*7-10H,1-6H2;2*9-10H,1-8H2;2*6-9H,1-5H2;3*5-8H,1-4H2;7-8H,1-6H2;4-7H,1-3H2. The SMILES string of the molecule is C1C2CC3C1C3C2.C1C2CC3CC1CC(C2)C3.C1C2CC3CC1CC3C2.C1CC2C3CCC(C3)C2C1.C1CC2CC1C1C3CCC(C3)C21.C1CC2CC1C1CC21.C1CC2CC1C1CCC21.C1CC2CC3CC1C23.C1CC2CCC1CC2.C1CC2CCCC(C1)CC2.C1CC2CCCC(C1)CCC2.C1CCC2C3C(C1)C23.C1CCC2CCC(C1)CC2.C1CCC2CCCC(C1)CC2.C1CCC2CCCC(C1)CCC2. The Bertz CT molecular complexity index is 3380. The number of hydrogen-bond acceptors (Lipinski definition) is 0. The van der Waals surface area contributed by atoms with Crippen LogP contribution >= 0.6 is 0 Å². The average molecular weight is 1960 g/mol. The monoisotopic (exact) mass is 1950 g/mol. The molecule has 0 saturated heterocycles. The topological polar surface area (TPSA) is 0 Å². The third-order valence-electron chi connectivity index (χ3n) is 57.2. The van der Waals surface area contributed by atoms with Gasteiger partial charge in [-0.3, -0.25) is 0 Å². The summed E-state index contributed by atoms with van der Waals surface area (Å²) in [6, 6.07) is 0. The average Bonchev–Trinajstić information content (AvgIpc) is 1.49.